The Kier molecular flexibility index (Phi) is 6.95. The average Bonchev–Trinajstić information content (AvgIpc) is 3.41. The van der Waals surface area contributed by atoms with Crippen molar-refractivity contribution >= 4 is 28.8 Å². The fourth-order valence-electron chi connectivity index (χ4n) is 4.17. The van der Waals surface area contributed by atoms with E-state index in [1.165, 1.54) is 11.8 Å². The van der Waals surface area contributed by atoms with Crippen molar-refractivity contribution in [1.82, 2.24) is 10.2 Å². The largest absolute Gasteiger partial charge is 0.456 e. The number of hydrogen-bond acceptors (Lipinski definition) is 7. The minimum atomic E-state index is -0.629. The molecule has 0 bridgehead atoms. The van der Waals surface area contributed by atoms with Gasteiger partial charge in [0, 0.05) is 18.8 Å². The van der Waals surface area contributed by atoms with Crippen LogP contribution in [0.5, 0.6) is 0 Å². The quantitative estimate of drug-likeness (QED) is 0.626. The van der Waals surface area contributed by atoms with Crippen molar-refractivity contribution in [3.05, 3.63) is 58.3 Å². The first kappa shape index (κ1) is 23.6. The molecule has 0 radical (unpaired) electrons. The summed E-state index contributed by atoms with van der Waals surface area (Å²) < 4.78 is 11.4. The van der Waals surface area contributed by atoms with Gasteiger partial charge in [0.05, 0.1) is 29.8 Å². The number of carbonyl (C=O) groups is 2. The van der Waals surface area contributed by atoms with Gasteiger partial charge in [-0.15, -0.1) is 0 Å². The van der Waals surface area contributed by atoms with E-state index in [9.17, 15) is 9.59 Å². The van der Waals surface area contributed by atoms with Gasteiger partial charge in [-0.1, -0.05) is 42.1 Å². The highest BCUT2D eigenvalue weighted by molar-refractivity contribution is 8.16. The first-order valence-corrected chi connectivity index (χ1v) is 12.2. The number of ether oxygens (including phenoxy) is 2. The summed E-state index contributed by atoms with van der Waals surface area (Å²) in [4.78, 5) is 32.7. The molecule has 1 fully saturated rings. The zero-order valence-electron chi connectivity index (χ0n) is 19.6. The number of thioether (sulfide) groups is 1. The van der Waals surface area contributed by atoms with Crippen molar-refractivity contribution in [3.63, 3.8) is 0 Å². The van der Waals surface area contributed by atoms with Crippen LogP contribution in [0.2, 0.25) is 0 Å². The number of rotatable bonds is 6. The fourth-order valence-corrected chi connectivity index (χ4v) is 5.14. The summed E-state index contributed by atoms with van der Waals surface area (Å²) >= 11 is 1.47. The number of allylic oxidation sites excluding steroid dienone is 1. The van der Waals surface area contributed by atoms with Crippen LogP contribution < -0.4 is 5.32 Å². The maximum Gasteiger partial charge on any atom is 0.338 e. The Labute approximate surface area is 199 Å². The van der Waals surface area contributed by atoms with Crippen LogP contribution in [0.15, 0.2) is 57.7 Å². The lowest BCUT2D eigenvalue weighted by Gasteiger charge is -2.37. The van der Waals surface area contributed by atoms with Crippen molar-refractivity contribution in [1.29, 1.82) is 0 Å². The highest BCUT2D eigenvalue weighted by Crippen LogP contribution is 2.45. The number of esters is 1. The molecule has 7 nitrogen and oxygen atoms in total. The van der Waals surface area contributed by atoms with Gasteiger partial charge >= 0.3 is 5.97 Å². The minimum absolute atomic E-state index is 0.0736. The smallest absolute Gasteiger partial charge is 0.338 e. The fraction of sp³-hybridized carbons (Fsp3) is 0.480. The highest BCUT2D eigenvalue weighted by Gasteiger charge is 2.41. The molecule has 3 aliphatic heterocycles. The summed E-state index contributed by atoms with van der Waals surface area (Å²) in [5, 5.41) is 5.70. The van der Waals surface area contributed by atoms with Crippen LogP contribution in [-0.2, 0) is 19.1 Å². The predicted molar refractivity (Wildman–Crippen MR) is 129 cm³/mol. The Bertz CT molecular complexity index is 1000. The van der Waals surface area contributed by atoms with E-state index in [0.29, 0.717) is 17.8 Å². The predicted octanol–water partition coefficient (Wildman–Crippen LogP) is 4.29. The number of amidine groups is 1. The van der Waals surface area contributed by atoms with Crippen LogP contribution in [0.25, 0.3) is 0 Å². The Morgan fingerprint density at radius 2 is 2.03 bits per heavy atom. The number of nitrogens with zero attached hydrogens (tertiary/aromatic N) is 2. The molecular weight excluding hydrogens is 438 g/mol. The van der Waals surface area contributed by atoms with Crippen LogP contribution in [-0.4, -0.2) is 46.8 Å². The molecule has 0 unspecified atom stereocenters. The average molecular weight is 470 g/mol. The second kappa shape index (κ2) is 9.73. The topological polar surface area (TPSA) is 80.2 Å². The maximum absolute atomic E-state index is 13.3. The summed E-state index contributed by atoms with van der Waals surface area (Å²) in [6, 6.07) is 9.40. The molecule has 1 amide bonds. The van der Waals surface area contributed by atoms with Crippen molar-refractivity contribution < 1.29 is 19.1 Å². The van der Waals surface area contributed by atoms with Gasteiger partial charge < -0.3 is 19.7 Å². The molecule has 33 heavy (non-hydrogen) atoms. The van der Waals surface area contributed by atoms with E-state index >= 15 is 0 Å². The highest BCUT2D eigenvalue weighted by atomic mass is 32.2. The third-order valence-electron chi connectivity index (χ3n) is 5.63. The zero-order valence-corrected chi connectivity index (χ0v) is 20.4. The normalized spacial score (nSPS) is 22.6. The van der Waals surface area contributed by atoms with E-state index in [1.807, 2.05) is 68.3 Å². The van der Waals surface area contributed by atoms with Crippen LogP contribution in [0.4, 0.5) is 0 Å². The lowest BCUT2D eigenvalue weighted by molar-refractivity contribution is -0.150. The van der Waals surface area contributed by atoms with E-state index in [4.69, 9.17) is 14.5 Å². The molecular formula is C25H31N3O4S. The molecule has 2 atom stereocenters. The van der Waals surface area contributed by atoms with E-state index < -0.39 is 17.6 Å². The summed E-state index contributed by atoms with van der Waals surface area (Å²) in [7, 11) is 0. The third-order valence-corrected chi connectivity index (χ3v) is 6.52. The number of nitrogens with one attached hydrogen (secondary N) is 1. The van der Waals surface area contributed by atoms with E-state index in [1.54, 1.807) is 0 Å². The van der Waals surface area contributed by atoms with Gasteiger partial charge in [-0.25, -0.2) is 9.79 Å². The Morgan fingerprint density at radius 3 is 2.70 bits per heavy atom. The lowest BCUT2D eigenvalue weighted by atomic mass is 9.93. The van der Waals surface area contributed by atoms with Crippen LogP contribution >= 0.6 is 11.8 Å². The first-order valence-electron chi connectivity index (χ1n) is 11.3. The molecule has 3 aliphatic rings. The molecule has 1 N–H and O–H groups in total. The molecule has 0 spiro atoms. The van der Waals surface area contributed by atoms with E-state index in [2.05, 4.69) is 5.32 Å². The van der Waals surface area contributed by atoms with Crippen molar-refractivity contribution in [2.75, 3.05) is 13.2 Å². The molecule has 8 heteroatoms. The van der Waals surface area contributed by atoms with Crippen LogP contribution in [0, 0.1) is 0 Å². The van der Waals surface area contributed by atoms with Crippen molar-refractivity contribution in [3.8, 4) is 0 Å². The molecule has 4 rings (SSSR count). The summed E-state index contributed by atoms with van der Waals surface area (Å²) in [6.07, 6.45) is 2.30. The zero-order chi connectivity index (χ0) is 23.6. The van der Waals surface area contributed by atoms with Gasteiger partial charge in [-0.2, -0.15) is 0 Å². The Balaban J connectivity index is 1.60. The standard InChI is InChI=1S/C25H31N3O4S/c1-16-21(23(30)32-25(2,3)4)22(17-9-6-5-7-10-17)28-18(15-33-24(28)27-16)13-20(29)26-14-19-11-8-12-31-19/h5-7,9-10,15,19,22H,8,11-14H2,1-4H3,(H,26,29)/t19-,22+/m1/s1. The minimum Gasteiger partial charge on any atom is -0.456 e. The number of benzene rings is 1. The third kappa shape index (κ3) is 5.50. The van der Waals surface area contributed by atoms with Crippen molar-refractivity contribution in [2.45, 2.75) is 64.7 Å². The monoisotopic (exact) mass is 469 g/mol. The van der Waals surface area contributed by atoms with Gasteiger partial charge in [0.25, 0.3) is 0 Å². The molecule has 0 saturated carbocycles. The Hall–Kier alpha value is -2.58. The molecule has 176 valence electrons. The van der Waals surface area contributed by atoms with Crippen molar-refractivity contribution in [2.24, 2.45) is 4.99 Å². The van der Waals surface area contributed by atoms with Gasteiger partial charge in [0.15, 0.2) is 5.17 Å². The summed E-state index contributed by atoms with van der Waals surface area (Å²) in [5.41, 5.74) is 2.25. The number of carbonyl (C=O) groups excluding carboxylic acids is 2. The maximum atomic E-state index is 13.3. The van der Waals surface area contributed by atoms with Crippen LogP contribution in [0.1, 0.15) is 58.6 Å². The number of fused-ring (bicyclic) bond motifs is 1. The van der Waals surface area contributed by atoms with Gasteiger partial charge in [0.1, 0.15) is 5.60 Å². The summed E-state index contributed by atoms with van der Waals surface area (Å²) in [6.45, 7) is 8.67. The molecule has 1 aromatic rings. The lowest BCUT2D eigenvalue weighted by Crippen LogP contribution is -2.39. The number of amides is 1. The molecule has 0 aliphatic carbocycles. The second-order valence-electron chi connectivity index (χ2n) is 9.42. The molecule has 3 heterocycles. The number of hydrogen-bond donors (Lipinski definition) is 1. The summed E-state index contributed by atoms with van der Waals surface area (Å²) in [5.74, 6) is -0.466. The number of aliphatic imine (C=N–C) groups is 1. The van der Waals surface area contributed by atoms with Crippen LogP contribution in [0.3, 0.4) is 0 Å². The van der Waals surface area contributed by atoms with E-state index in [0.717, 1.165) is 35.9 Å². The first-order chi connectivity index (χ1) is 15.7. The SMILES string of the molecule is CC1=C(C(=O)OC(C)(C)C)[C@H](c2ccccc2)N2C(CC(=O)NC[C@H]3CCCO3)=CSC2=N1. The second-order valence-corrected chi connectivity index (χ2v) is 10.3. The Morgan fingerprint density at radius 1 is 1.27 bits per heavy atom. The molecule has 1 saturated heterocycles. The van der Waals surface area contributed by atoms with E-state index in [-0.39, 0.29) is 18.4 Å². The molecule has 1 aromatic carbocycles. The van der Waals surface area contributed by atoms with Gasteiger partial charge in [-0.05, 0) is 51.5 Å². The van der Waals surface area contributed by atoms with Gasteiger partial charge in [-0.3, -0.25) is 4.79 Å². The van der Waals surface area contributed by atoms with Gasteiger partial charge in [0.2, 0.25) is 5.91 Å². The molecule has 0 aromatic heterocycles.